The molecule has 0 saturated carbocycles. The van der Waals surface area contributed by atoms with E-state index in [1.54, 1.807) is 0 Å². The highest BCUT2D eigenvalue weighted by molar-refractivity contribution is 5.85. The quantitative estimate of drug-likeness (QED) is 0.920. The van der Waals surface area contributed by atoms with Crippen molar-refractivity contribution >= 4 is 30.5 Å². The van der Waals surface area contributed by atoms with Crippen molar-refractivity contribution in [1.29, 1.82) is 0 Å². The predicted molar refractivity (Wildman–Crippen MR) is 90.9 cm³/mol. The molecule has 0 spiro atoms. The first-order chi connectivity index (χ1) is 8.68. The summed E-state index contributed by atoms with van der Waals surface area (Å²) in [5, 5.41) is 3.42. The summed E-state index contributed by atoms with van der Waals surface area (Å²) in [7, 11) is 0. The molecule has 0 aliphatic carbocycles. The van der Waals surface area contributed by atoms with Gasteiger partial charge in [-0.3, -0.25) is 0 Å². The van der Waals surface area contributed by atoms with Crippen molar-refractivity contribution in [3.63, 3.8) is 0 Å². The van der Waals surface area contributed by atoms with Crippen molar-refractivity contribution in [3.8, 4) is 5.75 Å². The van der Waals surface area contributed by atoms with Gasteiger partial charge in [-0.2, -0.15) is 0 Å². The molecule has 1 atom stereocenters. The van der Waals surface area contributed by atoms with Crippen molar-refractivity contribution in [2.75, 3.05) is 31.1 Å². The normalized spacial score (nSPS) is 18.2. The number of para-hydroxylation sites is 2. The second kappa shape index (κ2) is 9.32. The fourth-order valence-electron chi connectivity index (χ4n) is 2.27. The van der Waals surface area contributed by atoms with Crippen molar-refractivity contribution in [2.24, 2.45) is 5.92 Å². The second-order valence-corrected chi connectivity index (χ2v) is 5.42. The summed E-state index contributed by atoms with van der Waals surface area (Å²) in [4.78, 5) is 2.44. The SMILES string of the molecule is CC(C)COc1ccccc1N1CCNCC1C.Cl.Cl. The molecule has 1 N–H and O–H groups in total. The van der Waals surface area contributed by atoms with Crippen LogP contribution in [0, 0.1) is 5.92 Å². The van der Waals surface area contributed by atoms with Crippen molar-refractivity contribution in [2.45, 2.75) is 26.8 Å². The van der Waals surface area contributed by atoms with Crippen LogP contribution in [0.25, 0.3) is 0 Å². The fraction of sp³-hybridized carbons (Fsp3) is 0.600. The third-order valence-corrected chi connectivity index (χ3v) is 3.25. The minimum atomic E-state index is 0. The summed E-state index contributed by atoms with van der Waals surface area (Å²) in [6.45, 7) is 10.5. The lowest BCUT2D eigenvalue weighted by Crippen LogP contribution is -2.50. The monoisotopic (exact) mass is 320 g/mol. The van der Waals surface area contributed by atoms with Gasteiger partial charge >= 0.3 is 0 Å². The average Bonchev–Trinajstić information content (AvgIpc) is 2.37. The maximum absolute atomic E-state index is 5.94. The Labute approximate surface area is 134 Å². The Morgan fingerprint density at radius 1 is 1.30 bits per heavy atom. The molecule has 1 aliphatic heterocycles. The maximum Gasteiger partial charge on any atom is 0.142 e. The third-order valence-electron chi connectivity index (χ3n) is 3.25. The van der Waals surface area contributed by atoms with Gasteiger partial charge in [-0.1, -0.05) is 26.0 Å². The summed E-state index contributed by atoms with van der Waals surface area (Å²) < 4.78 is 5.94. The number of ether oxygens (including phenoxy) is 1. The van der Waals surface area contributed by atoms with Gasteiger partial charge in [-0.05, 0) is 25.0 Å². The van der Waals surface area contributed by atoms with E-state index in [4.69, 9.17) is 4.74 Å². The second-order valence-electron chi connectivity index (χ2n) is 5.42. The van der Waals surface area contributed by atoms with Crippen LogP contribution in [0.3, 0.4) is 0 Å². The standard InChI is InChI=1S/C15H24N2O.2ClH/c1-12(2)11-18-15-7-5-4-6-14(15)17-9-8-16-10-13(17)3;;/h4-7,12-13,16H,8-11H2,1-3H3;2*1H. The zero-order chi connectivity index (χ0) is 13.0. The molecule has 0 radical (unpaired) electrons. The fourth-order valence-corrected chi connectivity index (χ4v) is 2.27. The Morgan fingerprint density at radius 2 is 2.00 bits per heavy atom. The molecule has 20 heavy (non-hydrogen) atoms. The molecule has 1 aliphatic rings. The zero-order valence-electron chi connectivity index (χ0n) is 12.5. The van der Waals surface area contributed by atoms with Gasteiger partial charge in [0.15, 0.2) is 0 Å². The van der Waals surface area contributed by atoms with E-state index in [0.29, 0.717) is 12.0 Å². The lowest BCUT2D eigenvalue weighted by Gasteiger charge is -2.36. The van der Waals surface area contributed by atoms with Crippen LogP contribution in [-0.4, -0.2) is 32.3 Å². The van der Waals surface area contributed by atoms with E-state index in [1.165, 1.54) is 5.69 Å². The number of nitrogens with one attached hydrogen (secondary N) is 1. The molecule has 3 nitrogen and oxygen atoms in total. The summed E-state index contributed by atoms with van der Waals surface area (Å²) in [6.07, 6.45) is 0. The summed E-state index contributed by atoms with van der Waals surface area (Å²) in [6, 6.07) is 8.89. The van der Waals surface area contributed by atoms with E-state index in [9.17, 15) is 0 Å². The lowest BCUT2D eigenvalue weighted by molar-refractivity contribution is 0.270. The number of nitrogens with zero attached hydrogens (tertiary/aromatic N) is 1. The number of rotatable bonds is 4. The van der Waals surface area contributed by atoms with Crippen LogP contribution in [0.4, 0.5) is 5.69 Å². The highest BCUT2D eigenvalue weighted by Crippen LogP contribution is 2.30. The van der Waals surface area contributed by atoms with Crippen LogP contribution in [-0.2, 0) is 0 Å². The van der Waals surface area contributed by atoms with Crippen LogP contribution >= 0.6 is 24.8 Å². The number of hydrogen-bond donors (Lipinski definition) is 1. The highest BCUT2D eigenvalue weighted by atomic mass is 35.5. The first-order valence-corrected chi connectivity index (χ1v) is 6.87. The average molecular weight is 321 g/mol. The molecule has 116 valence electrons. The van der Waals surface area contributed by atoms with Gasteiger partial charge in [0, 0.05) is 25.7 Å². The van der Waals surface area contributed by atoms with E-state index in [0.717, 1.165) is 32.0 Å². The number of benzene rings is 1. The Hall–Kier alpha value is -0.640. The van der Waals surface area contributed by atoms with Gasteiger partial charge in [0.1, 0.15) is 5.75 Å². The summed E-state index contributed by atoms with van der Waals surface area (Å²) in [5.74, 6) is 1.57. The van der Waals surface area contributed by atoms with E-state index in [1.807, 2.05) is 6.07 Å². The molecular formula is C15H26Cl2N2O. The Morgan fingerprint density at radius 3 is 2.65 bits per heavy atom. The van der Waals surface area contributed by atoms with Crippen LogP contribution in [0.5, 0.6) is 5.75 Å². The number of anilines is 1. The minimum Gasteiger partial charge on any atom is -0.491 e. The van der Waals surface area contributed by atoms with Gasteiger partial charge in [0.25, 0.3) is 0 Å². The van der Waals surface area contributed by atoms with Crippen LogP contribution in [0.15, 0.2) is 24.3 Å². The van der Waals surface area contributed by atoms with Gasteiger partial charge in [0.05, 0.1) is 12.3 Å². The van der Waals surface area contributed by atoms with Crippen molar-refractivity contribution < 1.29 is 4.74 Å². The van der Waals surface area contributed by atoms with Crippen LogP contribution in [0.1, 0.15) is 20.8 Å². The topological polar surface area (TPSA) is 24.5 Å². The van der Waals surface area contributed by atoms with Gasteiger partial charge in [0.2, 0.25) is 0 Å². The molecule has 2 rings (SSSR count). The summed E-state index contributed by atoms with van der Waals surface area (Å²) in [5.41, 5.74) is 1.23. The Bertz CT molecular complexity index is 388. The largest absolute Gasteiger partial charge is 0.491 e. The number of halogens is 2. The van der Waals surface area contributed by atoms with E-state index in [2.05, 4.69) is 49.2 Å². The molecule has 5 heteroatoms. The number of hydrogen-bond acceptors (Lipinski definition) is 3. The van der Waals surface area contributed by atoms with E-state index in [-0.39, 0.29) is 24.8 Å². The molecule has 0 aromatic heterocycles. The Kier molecular flexibility index (Phi) is 9.03. The van der Waals surface area contributed by atoms with E-state index >= 15 is 0 Å². The van der Waals surface area contributed by atoms with Gasteiger partial charge in [-0.15, -0.1) is 24.8 Å². The third kappa shape index (κ3) is 5.04. The molecule has 1 heterocycles. The van der Waals surface area contributed by atoms with Crippen molar-refractivity contribution in [1.82, 2.24) is 5.32 Å². The first kappa shape index (κ1) is 19.4. The minimum absolute atomic E-state index is 0. The van der Waals surface area contributed by atoms with Crippen molar-refractivity contribution in [3.05, 3.63) is 24.3 Å². The molecule has 1 saturated heterocycles. The molecule has 1 unspecified atom stereocenters. The number of piperazine rings is 1. The molecule has 1 fully saturated rings. The molecule has 0 amide bonds. The molecule has 0 bridgehead atoms. The van der Waals surface area contributed by atoms with Gasteiger partial charge in [-0.25, -0.2) is 0 Å². The first-order valence-electron chi connectivity index (χ1n) is 6.87. The lowest BCUT2D eigenvalue weighted by atomic mass is 10.1. The maximum atomic E-state index is 5.94. The van der Waals surface area contributed by atoms with Crippen LogP contribution < -0.4 is 15.0 Å². The molecule has 1 aromatic rings. The van der Waals surface area contributed by atoms with Crippen LogP contribution in [0.2, 0.25) is 0 Å². The van der Waals surface area contributed by atoms with Gasteiger partial charge < -0.3 is 15.0 Å². The van der Waals surface area contributed by atoms with E-state index < -0.39 is 0 Å². The zero-order valence-corrected chi connectivity index (χ0v) is 14.1. The molecule has 1 aromatic carbocycles. The Balaban J connectivity index is 0.00000180. The molecular weight excluding hydrogens is 295 g/mol. The summed E-state index contributed by atoms with van der Waals surface area (Å²) >= 11 is 0. The highest BCUT2D eigenvalue weighted by Gasteiger charge is 2.20. The smallest absolute Gasteiger partial charge is 0.142 e. The predicted octanol–water partition coefficient (Wildman–Crippen LogP) is 3.36.